The number of alkyl halides is 3. The predicted molar refractivity (Wildman–Crippen MR) is 60.4 cm³/mol. The van der Waals surface area contributed by atoms with E-state index in [9.17, 15) is 18.0 Å². The van der Waals surface area contributed by atoms with Crippen LogP contribution in [0.5, 0.6) is 0 Å². The Bertz CT molecular complexity index is 456. The van der Waals surface area contributed by atoms with Crippen molar-refractivity contribution in [1.82, 2.24) is 15.1 Å². The third-order valence-electron chi connectivity index (χ3n) is 2.46. The summed E-state index contributed by atoms with van der Waals surface area (Å²) < 4.78 is 38.5. The summed E-state index contributed by atoms with van der Waals surface area (Å²) in [6.45, 7) is 3.59. The molecule has 1 heterocycles. The lowest BCUT2D eigenvalue weighted by Crippen LogP contribution is -2.33. The molecule has 1 rings (SSSR count). The number of carbonyl (C=O) groups excluding carboxylic acids is 1. The fourth-order valence-electron chi connectivity index (χ4n) is 1.32. The first kappa shape index (κ1) is 14.8. The first-order valence-corrected chi connectivity index (χ1v) is 5.66. The summed E-state index contributed by atoms with van der Waals surface area (Å²) in [4.78, 5) is 11.8. The van der Waals surface area contributed by atoms with E-state index in [4.69, 9.17) is 11.6 Å². The van der Waals surface area contributed by atoms with Gasteiger partial charge in [-0.1, -0.05) is 18.5 Å². The summed E-state index contributed by atoms with van der Waals surface area (Å²) in [6.07, 6.45) is -4.02. The Morgan fingerprint density at radius 3 is 2.50 bits per heavy atom. The highest BCUT2D eigenvalue weighted by Gasteiger charge is 2.39. The molecule has 0 fully saturated rings. The zero-order valence-electron chi connectivity index (χ0n) is 10.1. The third-order valence-corrected chi connectivity index (χ3v) is 2.82. The zero-order valence-corrected chi connectivity index (χ0v) is 10.9. The molecular weight excluding hydrogens is 271 g/mol. The van der Waals surface area contributed by atoms with E-state index >= 15 is 0 Å². The number of aryl methyl sites for hydroxylation is 1. The first-order valence-electron chi connectivity index (χ1n) is 5.29. The molecule has 1 atom stereocenters. The zero-order chi connectivity index (χ0) is 14.1. The molecule has 0 aliphatic carbocycles. The van der Waals surface area contributed by atoms with Crippen molar-refractivity contribution in [3.8, 4) is 0 Å². The molecule has 18 heavy (non-hydrogen) atoms. The SMILES string of the molecule is CCC(C)NC(=O)c1c(Cl)c(C(F)(F)F)nn1C. The van der Waals surface area contributed by atoms with E-state index in [-0.39, 0.29) is 11.7 Å². The molecule has 0 saturated carbocycles. The van der Waals surface area contributed by atoms with Crippen LogP contribution in [0.25, 0.3) is 0 Å². The minimum atomic E-state index is -4.68. The van der Waals surface area contributed by atoms with Crippen molar-refractivity contribution in [1.29, 1.82) is 0 Å². The highest BCUT2D eigenvalue weighted by Crippen LogP contribution is 2.35. The van der Waals surface area contributed by atoms with Gasteiger partial charge in [0.25, 0.3) is 5.91 Å². The van der Waals surface area contributed by atoms with Crippen molar-refractivity contribution in [2.75, 3.05) is 0 Å². The van der Waals surface area contributed by atoms with Gasteiger partial charge in [-0.05, 0) is 13.3 Å². The van der Waals surface area contributed by atoms with Crippen LogP contribution in [-0.4, -0.2) is 21.7 Å². The molecule has 1 aromatic rings. The van der Waals surface area contributed by atoms with E-state index < -0.39 is 22.8 Å². The Hall–Kier alpha value is -1.24. The molecule has 1 aromatic heterocycles. The fourth-order valence-corrected chi connectivity index (χ4v) is 1.67. The van der Waals surface area contributed by atoms with Crippen LogP contribution in [0.4, 0.5) is 13.2 Å². The first-order chi connectivity index (χ1) is 8.18. The van der Waals surface area contributed by atoms with Gasteiger partial charge in [0.1, 0.15) is 10.7 Å². The van der Waals surface area contributed by atoms with Gasteiger partial charge in [-0.3, -0.25) is 9.48 Å². The molecule has 0 saturated heterocycles. The van der Waals surface area contributed by atoms with Gasteiger partial charge in [-0.25, -0.2) is 0 Å². The molecule has 1 unspecified atom stereocenters. The van der Waals surface area contributed by atoms with Crippen LogP contribution >= 0.6 is 11.6 Å². The number of hydrogen-bond donors (Lipinski definition) is 1. The Morgan fingerprint density at radius 1 is 1.56 bits per heavy atom. The summed E-state index contributed by atoms with van der Waals surface area (Å²) in [7, 11) is 1.24. The number of nitrogens with zero attached hydrogens (tertiary/aromatic N) is 2. The highest BCUT2D eigenvalue weighted by molar-refractivity contribution is 6.34. The quantitative estimate of drug-likeness (QED) is 0.927. The van der Waals surface area contributed by atoms with Gasteiger partial charge in [-0.2, -0.15) is 18.3 Å². The number of amides is 1. The van der Waals surface area contributed by atoms with Gasteiger partial charge in [0.2, 0.25) is 0 Å². The maximum Gasteiger partial charge on any atom is 0.436 e. The molecule has 0 aliphatic heterocycles. The van der Waals surface area contributed by atoms with Crippen molar-refractivity contribution in [2.24, 2.45) is 7.05 Å². The molecule has 4 nitrogen and oxygen atoms in total. The second kappa shape index (κ2) is 5.17. The maximum absolute atomic E-state index is 12.5. The van der Waals surface area contributed by atoms with Crippen molar-refractivity contribution in [3.05, 3.63) is 16.4 Å². The molecule has 0 aromatic carbocycles. The van der Waals surface area contributed by atoms with Crippen LogP contribution in [0.15, 0.2) is 0 Å². The van der Waals surface area contributed by atoms with Gasteiger partial charge >= 0.3 is 6.18 Å². The van der Waals surface area contributed by atoms with Gasteiger partial charge in [0.15, 0.2) is 5.69 Å². The van der Waals surface area contributed by atoms with Gasteiger partial charge in [-0.15, -0.1) is 0 Å². The molecule has 102 valence electrons. The normalized spacial score (nSPS) is 13.5. The fraction of sp³-hybridized carbons (Fsp3) is 0.600. The van der Waals surface area contributed by atoms with Crippen molar-refractivity contribution >= 4 is 17.5 Å². The van der Waals surface area contributed by atoms with Crippen LogP contribution in [0.3, 0.4) is 0 Å². The van der Waals surface area contributed by atoms with Gasteiger partial charge in [0.05, 0.1) is 0 Å². The van der Waals surface area contributed by atoms with Crippen LogP contribution in [0.2, 0.25) is 5.02 Å². The maximum atomic E-state index is 12.5. The smallest absolute Gasteiger partial charge is 0.348 e. The Labute approximate surface area is 107 Å². The molecule has 0 spiro atoms. The summed E-state index contributed by atoms with van der Waals surface area (Å²) >= 11 is 5.57. The third kappa shape index (κ3) is 2.95. The number of halogens is 4. The predicted octanol–water partition coefficient (Wildman–Crippen LogP) is 2.62. The minimum Gasteiger partial charge on any atom is -0.348 e. The highest BCUT2D eigenvalue weighted by atomic mass is 35.5. The monoisotopic (exact) mass is 283 g/mol. The average molecular weight is 284 g/mol. The largest absolute Gasteiger partial charge is 0.436 e. The van der Waals surface area contributed by atoms with E-state index in [0.717, 1.165) is 4.68 Å². The average Bonchev–Trinajstić information content (AvgIpc) is 2.53. The lowest BCUT2D eigenvalue weighted by molar-refractivity contribution is -0.141. The van der Waals surface area contributed by atoms with Gasteiger partial charge < -0.3 is 5.32 Å². The second-order valence-electron chi connectivity index (χ2n) is 3.92. The number of aromatic nitrogens is 2. The molecule has 8 heteroatoms. The Morgan fingerprint density at radius 2 is 2.11 bits per heavy atom. The van der Waals surface area contributed by atoms with Crippen molar-refractivity contribution in [2.45, 2.75) is 32.5 Å². The summed E-state index contributed by atoms with van der Waals surface area (Å²) in [5.74, 6) is -0.667. The summed E-state index contributed by atoms with van der Waals surface area (Å²) in [6, 6.07) is -0.155. The summed E-state index contributed by atoms with van der Waals surface area (Å²) in [5, 5.41) is 5.10. The lowest BCUT2D eigenvalue weighted by Gasteiger charge is -2.11. The molecule has 0 radical (unpaired) electrons. The van der Waals surface area contributed by atoms with Gasteiger partial charge in [0, 0.05) is 13.1 Å². The van der Waals surface area contributed by atoms with E-state index in [1.165, 1.54) is 7.05 Å². The van der Waals surface area contributed by atoms with Crippen LogP contribution in [0, 0.1) is 0 Å². The van der Waals surface area contributed by atoms with E-state index in [2.05, 4.69) is 10.4 Å². The van der Waals surface area contributed by atoms with Crippen LogP contribution in [-0.2, 0) is 13.2 Å². The van der Waals surface area contributed by atoms with E-state index in [0.29, 0.717) is 6.42 Å². The lowest BCUT2D eigenvalue weighted by atomic mass is 10.2. The minimum absolute atomic E-state index is 0.155. The van der Waals surface area contributed by atoms with Crippen LogP contribution < -0.4 is 5.32 Å². The van der Waals surface area contributed by atoms with E-state index in [1.54, 1.807) is 6.92 Å². The molecule has 0 bridgehead atoms. The second-order valence-corrected chi connectivity index (χ2v) is 4.29. The molecular formula is C10H13ClF3N3O. The summed E-state index contributed by atoms with van der Waals surface area (Å²) in [5.41, 5.74) is -1.54. The number of nitrogens with one attached hydrogen (secondary N) is 1. The number of hydrogen-bond acceptors (Lipinski definition) is 2. The van der Waals surface area contributed by atoms with E-state index in [1.807, 2.05) is 6.92 Å². The topological polar surface area (TPSA) is 46.9 Å². The molecule has 1 amide bonds. The molecule has 1 N–H and O–H groups in total. The Balaban J connectivity index is 3.11. The van der Waals surface area contributed by atoms with Crippen LogP contribution in [0.1, 0.15) is 36.5 Å². The van der Waals surface area contributed by atoms with Crippen molar-refractivity contribution in [3.63, 3.8) is 0 Å². The number of carbonyl (C=O) groups is 1. The Kier molecular flexibility index (Phi) is 4.26. The van der Waals surface area contributed by atoms with Crippen molar-refractivity contribution < 1.29 is 18.0 Å². The molecule has 0 aliphatic rings. The number of rotatable bonds is 3. The standard InChI is InChI=1S/C10H13ClF3N3O/c1-4-5(2)15-9(18)7-6(11)8(10(12,13)14)16-17(7)3/h5H,4H2,1-3H3,(H,15,18).